The van der Waals surface area contributed by atoms with Crippen LogP contribution in [-0.2, 0) is 0 Å². The highest BCUT2D eigenvalue weighted by Crippen LogP contribution is 2.27. The van der Waals surface area contributed by atoms with Crippen LogP contribution in [0.5, 0.6) is 17.2 Å². The molecule has 25 heavy (non-hydrogen) atoms. The third kappa shape index (κ3) is 3.67. The fourth-order valence-electron chi connectivity index (χ4n) is 2.41. The molecule has 0 spiro atoms. The second-order valence-corrected chi connectivity index (χ2v) is 5.55. The molecule has 2 aromatic carbocycles. The van der Waals surface area contributed by atoms with Gasteiger partial charge in [-0.25, -0.2) is 9.97 Å². The molecule has 128 valence electrons. The van der Waals surface area contributed by atoms with Crippen LogP contribution in [0.2, 0.25) is 5.15 Å². The van der Waals surface area contributed by atoms with Crippen LogP contribution < -0.4 is 14.2 Å². The van der Waals surface area contributed by atoms with Crippen molar-refractivity contribution in [1.29, 1.82) is 0 Å². The van der Waals surface area contributed by atoms with E-state index in [0.717, 1.165) is 22.2 Å². The summed E-state index contributed by atoms with van der Waals surface area (Å²) >= 11 is 6.27. The molecular weight excluding hydrogens is 340 g/mol. The molecule has 0 fully saturated rings. The Balaban J connectivity index is 1.98. The molecule has 0 aliphatic rings. The molecule has 0 aliphatic carbocycles. The summed E-state index contributed by atoms with van der Waals surface area (Å²) in [5, 5.41) is 1.18. The normalized spacial score (nSPS) is 11.0. The van der Waals surface area contributed by atoms with Gasteiger partial charge in [0.05, 0.1) is 26.8 Å². The Hall–Kier alpha value is -2.79. The van der Waals surface area contributed by atoms with Gasteiger partial charge in [-0.3, -0.25) is 0 Å². The molecule has 1 aromatic heterocycles. The van der Waals surface area contributed by atoms with Crippen LogP contribution in [0.4, 0.5) is 0 Å². The van der Waals surface area contributed by atoms with Crippen LogP contribution in [0.1, 0.15) is 11.4 Å². The van der Waals surface area contributed by atoms with Gasteiger partial charge in [0.1, 0.15) is 22.4 Å². The Kier molecular flexibility index (Phi) is 5.05. The molecule has 0 atom stereocenters. The van der Waals surface area contributed by atoms with Crippen LogP contribution in [0.3, 0.4) is 0 Å². The number of hydrogen-bond acceptors (Lipinski definition) is 5. The predicted octanol–water partition coefficient (Wildman–Crippen LogP) is 4.48. The Bertz CT molecular complexity index is 941. The zero-order chi connectivity index (χ0) is 17.8. The number of fused-ring (bicyclic) bond motifs is 1. The van der Waals surface area contributed by atoms with Crippen molar-refractivity contribution >= 4 is 34.7 Å². The standard InChI is InChI=1S/C19H17ClN2O3/c1-23-13-7-8-15-16(10-13)21-18(22-19(15)20)9-5-12-4-6-14(24-2)11-17(12)25-3/h4-11H,1-3H3/b9-5+. The molecule has 5 nitrogen and oxygen atoms in total. The third-order valence-corrected chi connectivity index (χ3v) is 4.02. The van der Waals surface area contributed by atoms with Gasteiger partial charge in [0, 0.05) is 23.1 Å². The van der Waals surface area contributed by atoms with Gasteiger partial charge < -0.3 is 14.2 Å². The van der Waals surface area contributed by atoms with Gasteiger partial charge in [-0.15, -0.1) is 0 Å². The van der Waals surface area contributed by atoms with E-state index < -0.39 is 0 Å². The SMILES string of the molecule is COc1ccc(/C=C/c2nc(Cl)c3ccc(OC)cc3n2)c(OC)c1. The minimum absolute atomic E-state index is 0.397. The van der Waals surface area contributed by atoms with Crippen molar-refractivity contribution in [3.05, 3.63) is 52.9 Å². The third-order valence-electron chi connectivity index (χ3n) is 3.73. The van der Waals surface area contributed by atoms with E-state index in [9.17, 15) is 0 Å². The summed E-state index contributed by atoms with van der Waals surface area (Å²) in [7, 11) is 4.84. The van der Waals surface area contributed by atoms with Gasteiger partial charge >= 0.3 is 0 Å². The Morgan fingerprint density at radius 2 is 1.56 bits per heavy atom. The van der Waals surface area contributed by atoms with Crippen molar-refractivity contribution in [2.75, 3.05) is 21.3 Å². The van der Waals surface area contributed by atoms with Gasteiger partial charge in [0.15, 0.2) is 5.82 Å². The molecule has 1 heterocycles. The number of nitrogens with zero attached hydrogens (tertiary/aromatic N) is 2. The number of ether oxygens (including phenoxy) is 3. The van der Waals surface area contributed by atoms with Gasteiger partial charge in [0.2, 0.25) is 0 Å². The first-order valence-corrected chi connectivity index (χ1v) is 7.94. The summed E-state index contributed by atoms with van der Waals surface area (Å²) in [5.74, 6) is 2.65. The molecule has 0 unspecified atom stereocenters. The van der Waals surface area contributed by atoms with Crippen molar-refractivity contribution in [2.45, 2.75) is 0 Å². The lowest BCUT2D eigenvalue weighted by molar-refractivity contribution is 0.394. The summed E-state index contributed by atoms with van der Waals surface area (Å²) < 4.78 is 15.8. The average molecular weight is 357 g/mol. The first-order chi connectivity index (χ1) is 12.1. The van der Waals surface area contributed by atoms with E-state index in [1.165, 1.54) is 0 Å². The van der Waals surface area contributed by atoms with Crippen molar-refractivity contribution in [1.82, 2.24) is 9.97 Å². The van der Waals surface area contributed by atoms with Crippen LogP contribution >= 0.6 is 11.6 Å². The number of aromatic nitrogens is 2. The van der Waals surface area contributed by atoms with E-state index in [0.29, 0.717) is 22.5 Å². The van der Waals surface area contributed by atoms with Gasteiger partial charge in [-0.05, 0) is 36.4 Å². The van der Waals surface area contributed by atoms with Crippen molar-refractivity contribution in [3.8, 4) is 17.2 Å². The number of methoxy groups -OCH3 is 3. The average Bonchev–Trinajstić information content (AvgIpc) is 2.65. The monoisotopic (exact) mass is 356 g/mol. The van der Waals surface area contributed by atoms with E-state index in [1.54, 1.807) is 27.4 Å². The summed E-state index contributed by atoms with van der Waals surface area (Å²) in [6, 6.07) is 11.1. The van der Waals surface area contributed by atoms with Crippen LogP contribution in [0.25, 0.3) is 23.1 Å². The maximum absolute atomic E-state index is 6.27. The van der Waals surface area contributed by atoms with E-state index in [4.69, 9.17) is 25.8 Å². The molecular formula is C19H17ClN2O3. The zero-order valence-corrected chi connectivity index (χ0v) is 14.9. The van der Waals surface area contributed by atoms with Gasteiger partial charge in [0.25, 0.3) is 0 Å². The first-order valence-electron chi connectivity index (χ1n) is 7.56. The number of benzene rings is 2. The quantitative estimate of drug-likeness (QED) is 0.631. The lowest BCUT2D eigenvalue weighted by atomic mass is 10.1. The predicted molar refractivity (Wildman–Crippen MR) is 99.6 cm³/mol. The maximum Gasteiger partial charge on any atom is 0.154 e. The molecule has 0 N–H and O–H groups in total. The largest absolute Gasteiger partial charge is 0.497 e. The fourth-order valence-corrected chi connectivity index (χ4v) is 2.66. The van der Waals surface area contributed by atoms with E-state index in [1.807, 2.05) is 42.5 Å². The Morgan fingerprint density at radius 3 is 2.28 bits per heavy atom. The first kappa shape index (κ1) is 17.0. The lowest BCUT2D eigenvalue weighted by Crippen LogP contribution is -1.92. The molecule has 6 heteroatoms. The Labute approximate surface area is 150 Å². The van der Waals surface area contributed by atoms with E-state index in [-0.39, 0.29) is 0 Å². The smallest absolute Gasteiger partial charge is 0.154 e. The molecule has 0 saturated carbocycles. The lowest BCUT2D eigenvalue weighted by Gasteiger charge is -2.07. The van der Waals surface area contributed by atoms with E-state index in [2.05, 4.69) is 9.97 Å². The Morgan fingerprint density at radius 1 is 0.840 bits per heavy atom. The highest BCUT2D eigenvalue weighted by molar-refractivity contribution is 6.34. The second kappa shape index (κ2) is 7.40. The molecule has 0 bridgehead atoms. The minimum Gasteiger partial charge on any atom is -0.497 e. The number of rotatable bonds is 5. The molecule has 0 aliphatic heterocycles. The highest BCUT2D eigenvalue weighted by Gasteiger charge is 2.07. The zero-order valence-electron chi connectivity index (χ0n) is 14.1. The molecule has 0 amide bonds. The molecule has 3 rings (SSSR count). The second-order valence-electron chi connectivity index (χ2n) is 5.20. The minimum atomic E-state index is 0.397. The molecule has 0 radical (unpaired) electrons. The van der Waals surface area contributed by atoms with Crippen molar-refractivity contribution in [3.63, 3.8) is 0 Å². The number of hydrogen-bond donors (Lipinski definition) is 0. The summed E-state index contributed by atoms with van der Waals surface area (Å²) in [6.07, 6.45) is 3.66. The van der Waals surface area contributed by atoms with Crippen molar-refractivity contribution in [2.24, 2.45) is 0 Å². The van der Waals surface area contributed by atoms with E-state index >= 15 is 0 Å². The maximum atomic E-state index is 6.27. The highest BCUT2D eigenvalue weighted by atomic mass is 35.5. The van der Waals surface area contributed by atoms with Crippen LogP contribution in [0.15, 0.2) is 36.4 Å². The topological polar surface area (TPSA) is 53.5 Å². The van der Waals surface area contributed by atoms with Crippen LogP contribution in [0, 0.1) is 0 Å². The number of halogens is 1. The summed E-state index contributed by atoms with van der Waals surface area (Å²) in [5.41, 5.74) is 1.61. The molecule has 0 saturated heterocycles. The van der Waals surface area contributed by atoms with Gasteiger partial charge in [-0.2, -0.15) is 0 Å². The fraction of sp³-hybridized carbons (Fsp3) is 0.158. The van der Waals surface area contributed by atoms with Crippen LogP contribution in [-0.4, -0.2) is 31.3 Å². The van der Waals surface area contributed by atoms with Crippen molar-refractivity contribution < 1.29 is 14.2 Å². The summed E-state index contributed by atoms with van der Waals surface area (Å²) in [6.45, 7) is 0. The summed E-state index contributed by atoms with van der Waals surface area (Å²) in [4.78, 5) is 8.84. The molecule has 3 aromatic rings. The van der Waals surface area contributed by atoms with Gasteiger partial charge in [-0.1, -0.05) is 11.6 Å².